The minimum Gasteiger partial charge on any atom is -0.496 e. The van der Waals surface area contributed by atoms with Gasteiger partial charge in [-0.2, -0.15) is 0 Å². The number of nitrogens with zero attached hydrogens (tertiary/aromatic N) is 3. The van der Waals surface area contributed by atoms with Crippen molar-refractivity contribution in [1.29, 1.82) is 0 Å². The van der Waals surface area contributed by atoms with Gasteiger partial charge in [-0.15, -0.1) is 0 Å². The van der Waals surface area contributed by atoms with Gasteiger partial charge in [0, 0.05) is 43.8 Å². The average molecular weight is 545 g/mol. The highest BCUT2D eigenvalue weighted by molar-refractivity contribution is 6.21. The van der Waals surface area contributed by atoms with Gasteiger partial charge in [-0.25, -0.2) is 9.97 Å². The van der Waals surface area contributed by atoms with Crippen LogP contribution in [0.3, 0.4) is 0 Å². The summed E-state index contributed by atoms with van der Waals surface area (Å²) in [7, 11) is 4.82. The lowest BCUT2D eigenvalue weighted by atomic mass is 9.88. The van der Waals surface area contributed by atoms with Crippen molar-refractivity contribution in [2.75, 3.05) is 52.9 Å². The number of hydrogen-bond donors (Lipinski definition) is 1. The lowest BCUT2D eigenvalue weighted by Crippen LogP contribution is -2.37. The molecule has 0 spiro atoms. The monoisotopic (exact) mass is 544 g/mol. The molecule has 2 heterocycles. The maximum atomic E-state index is 13.1. The minimum absolute atomic E-state index is 0.150. The highest BCUT2D eigenvalue weighted by Crippen LogP contribution is 2.36. The summed E-state index contributed by atoms with van der Waals surface area (Å²) in [5.41, 5.74) is 2.34. The Morgan fingerprint density at radius 2 is 1.68 bits per heavy atom. The molecule has 0 unspecified atom stereocenters. The Balaban J connectivity index is 1.29. The Bertz CT molecular complexity index is 1480. The first-order valence-electron chi connectivity index (χ1n) is 13.1. The molecular formula is C30H32N4O6. The van der Waals surface area contributed by atoms with Gasteiger partial charge in [0.05, 0.1) is 37.7 Å². The molecule has 1 saturated heterocycles. The number of aromatic nitrogens is 2. The fourth-order valence-corrected chi connectivity index (χ4v) is 5.13. The third-order valence-corrected chi connectivity index (χ3v) is 7.19. The molecule has 10 nitrogen and oxygen atoms in total. The third-order valence-electron chi connectivity index (χ3n) is 7.19. The maximum Gasteiger partial charge on any atom is 0.204 e. The highest BCUT2D eigenvalue weighted by Gasteiger charge is 2.29. The zero-order chi connectivity index (χ0) is 28.1. The molecule has 1 aliphatic carbocycles. The molecule has 5 rings (SSSR count). The van der Waals surface area contributed by atoms with E-state index in [1.807, 2.05) is 23.1 Å². The van der Waals surface area contributed by atoms with Crippen LogP contribution in [0, 0.1) is 0 Å². The van der Waals surface area contributed by atoms with E-state index in [1.54, 1.807) is 33.5 Å². The molecule has 0 saturated carbocycles. The van der Waals surface area contributed by atoms with E-state index in [0.29, 0.717) is 66.1 Å². The Kier molecular flexibility index (Phi) is 8.26. The topological polar surface area (TPSA) is 112 Å². The Morgan fingerprint density at radius 3 is 2.42 bits per heavy atom. The van der Waals surface area contributed by atoms with Gasteiger partial charge in [-0.1, -0.05) is 18.2 Å². The van der Waals surface area contributed by atoms with E-state index in [4.69, 9.17) is 18.9 Å². The van der Waals surface area contributed by atoms with E-state index in [2.05, 4.69) is 21.4 Å². The number of para-hydroxylation sites is 1. The van der Waals surface area contributed by atoms with E-state index in [-0.39, 0.29) is 17.3 Å². The number of methoxy groups -OCH3 is 3. The first kappa shape index (κ1) is 27.1. The van der Waals surface area contributed by atoms with Crippen molar-refractivity contribution in [2.24, 2.45) is 0 Å². The number of carbonyl (C=O) groups excluding carboxylic acids is 2. The molecule has 10 heteroatoms. The predicted octanol–water partition coefficient (Wildman–Crippen LogP) is 3.88. The fraction of sp³-hybridized carbons (Fsp3) is 0.333. The molecule has 1 aromatic heterocycles. The van der Waals surface area contributed by atoms with Crippen molar-refractivity contribution >= 4 is 28.3 Å². The molecule has 0 atom stereocenters. The average Bonchev–Trinajstić information content (AvgIpc) is 2.99. The van der Waals surface area contributed by atoms with E-state index in [9.17, 15) is 9.59 Å². The van der Waals surface area contributed by atoms with Crippen molar-refractivity contribution in [2.45, 2.75) is 18.8 Å². The van der Waals surface area contributed by atoms with Crippen molar-refractivity contribution in [3.05, 3.63) is 71.8 Å². The summed E-state index contributed by atoms with van der Waals surface area (Å²) in [5, 5.41) is 3.66. The van der Waals surface area contributed by atoms with Crippen LogP contribution in [-0.4, -0.2) is 74.1 Å². The lowest BCUT2D eigenvalue weighted by Gasteiger charge is -2.35. The summed E-state index contributed by atoms with van der Waals surface area (Å²) in [6.45, 7) is 2.13. The fourth-order valence-electron chi connectivity index (χ4n) is 5.13. The molecular weight excluding hydrogens is 512 g/mol. The molecule has 40 heavy (non-hydrogen) atoms. The molecule has 1 aliphatic heterocycles. The minimum atomic E-state index is -0.292. The number of benzene rings is 2. The normalized spacial score (nSPS) is 16.0. The molecule has 2 aliphatic rings. The van der Waals surface area contributed by atoms with Gasteiger partial charge in [0.2, 0.25) is 11.6 Å². The molecule has 2 aromatic carbocycles. The van der Waals surface area contributed by atoms with Gasteiger partial charge in [0.25, 0.3) is 0 Å². The number of hydrogen-bond acceptors (Lipinski definition) is 10. The molecule has 0 radical (unpaired) electrons. The standard InChI is InChI=1S/C30H32N4O6/c1-37-12-13-40-29-16-22-21(14-28(29)39-3)30(32-18-31-22)33-23-15-26(36)24(17-25(23)35)34-10-8-19(9-11-34)20-6-4-5-7-27(20)38-2/h4-7,14-19H,8-13H2,1-3H3,(H,31,32,33). The van der Waals surface area contributed by atoms with E-state index in [0.717, 1.165) is 18.6 Å². The quantitative estimate of drug-likeness (QED) is 0.298. The number of ketones is 2. The van der Waals surface area contributed by atoms with E-state index < -0.39 is 0 Å². The van der Waals surface area contributed by atoms with Gasteiger partial charge in [0.1, 0.15) is 24.5 Å². The summed E-state index contributed by atoms with van der Waals surface area (Å²) < 4.78 is 21.8. The second-order valence-electron chi connectivity index (χ2n) is 9.53. The smallest absolute Gasteiger partial charge is 0.204 e. The number of carbonyl (C=O) groups is 2. The van der Waals surface area contributed by atoms with Gasteiger partial charge in [0.15, 0.2) is 11.5 Å². The number of nitrogens with one attached hydrogen (secondary N) is 1. The maximum absolute atomic E-state index is 13.1. The number of allylic oxidation sites excluding steroid dienone is 2. The summed E-state index contributed by atoms with van der Waals surface area (Å²) in [5.74, 6) is 2.09. The number of fused-ring (bicyclic) bond motifs is 1. The Hall–Kier alpha value is -4.44. The predicted molar refractivity (Wildman–Crippen MR) is 150 cm³/mol. The Morgan fingerprint density at radius 1 is 0.900 bits per heavy atom. The molecule has 0 bridgehead atoms. The molecule has 3 aromatic rings. The van der Waals surface area contributed by atoms with Crippen molar-refractivity contribution in [3.8, 4) is 17.2 Å². The second-order valence-corrected chi connectivity index (χ2v) is 9.53. The number of likely N-dealkylation sites (tertiary alicyclic amines) is 1. The number of ether oxygens (including phenoxy) is 4. The van der Waals surface area contributed by atoms with Crippen LogP contribution in [0.5, 0.6) is 17.2 Å². The van der Waals surface area contributed by atoms with Crippen molar-refractivity contribution in [1.82, 2.24) is 14.9 Å². The summed E-state index contributed by atoms with van der Waals surface area (Å²) in [6.07, 6.45) is 5.87. The molecule has 208 valence electrons. The van der Waals surface area contributed by atoms with Gasteiger partial charge >= 0.3 is 0 Å². The van der Waals surface area contributed by atoms with Crippen LogP contribution < -0.4 is 19.5 Å². The molecule has 1 N–H and O–H groups in total. The molecule has 1 fully saturated rings. The van der Waals surface area contributed by atoms with Crippen LogP contribution in [0.4, 0.5) is 5.82 Å². The third kappa shape index (κ3) is 5.62. The van der Waals surface area contributed by atoms with E-state index in [1.165, 1.54) is 24.0 Å². The van der Waals surface area contributed by atoms with Gasteiger partial charge in [-0.3, -0.25) is 9.59 Å². The highest BCUT2D eigenvalue weighted by atomic mass is 16.5. The summed E-state index contributed by atoms with van der Waals surface area (Å²) >= 11 is 0. The van der Waals surface area contributed by atoms with Gasteiger partial charge < -0.3 is 29.2 Å². The van der Waals surface area contributed by atoms with Crippen LogP contribution in [0.1, 0.15) is 24.3 Å². The first-order valence-corrected chi connectivity index (χ1v) is 13.1. The molecule has 0 amide bonds. The van der Waals surface area contributed by atoms with Crippen molar-refractivity contribution in [3.63, 3.8) is 0 Å². The lowest BCUT2D eigenvalue weighted by molar-refractivity contribution is -0.116. The SMILES string of the molecule is COCCOc1cc2ncnc(NC3=CC(=O)C(N4CCC(c5ccccc5OC)CC4)=CC3=O)c2cc1OC. The summed E-state index contributed by atoms with van der Waals surface area (Å²) in [6, 6.07) is 11.5. The first-order chi connectivity index (χ1) is 19.5. The van der Waals surface area contributed by atoms with Crippen LogP contribution in [0.25, 0.3) is 10.9 Å². The number of piperidine rings is 1. The summed E-state index contributed by atoms with van der Waals surface area (Å²) in [4.78, 5) is 36.9. The van der Waals surface area contributed by atoms with E-state index >= 15 is 0 Å². The van der Waals surface area contributed by atoms with Gasteiger partial charge in [-0.05, 0) is 36.5 Å². The second kappa shape index (κ2) is 12.2. The van der Waals surface area contributed by atoms with Crippen LogP contribution in [-0.2, 0) is 14.3 Å². The largest absolute Gasteiger partial charge is 0.496 e. The number of rotatable bonds is 10. The van der Waals surface area contributed by atoms with Crippen molar-refractivity contribution < 1.29 is 28.5 Å². The van der Waals surface area contributed by atoms with Crippen LogP contribution in [0.2, 0.25) is 0 Å². The number of anilines is 1. The van der Waals surface area contributed by atoms with Crippen LogP contribution in [0.15, 0.2) is 66.3 Å². The zero-order valence-corrected chi connectivity index (χ0v) is 22.8. The Labute approximate surface area is 232 Å². The van der Waals surface area contributed by atoms with Crippen LogP contribution >= 0.6 is 0 Å². The zero-order valence-electron chi connectivity index (χ0n) is 22.8.